The number of hydrogen-bond acceptors (Lipinski definition) is 2. The number of phenols is 1. The van der Waals surface area contributed by atoms with Gasteiger partial charge in [0, 0.05) is 12.7 Å². The average molecular weight is 203 g/mol. The number of hydrogen-bond donors (Lipinski definition) is 1. The molecule has 1 N–H and O–H groups in total. The lowest BCUT2D eigenvalue weighted by Crippen LogP contribution is -2.19. The summed E-state index contributed by atoms with van der Waals surface area (Å²) >= 11 is 0. The zero-order valence-electron chi connectivity index (χ0n) is 8.82. The first-order chi connectivity index (χ1) is 7.13. The Kier molecular flexibility index (Phi) is 2.23. The molecular weight excluding hydrogens is 190 g/mol. The lowest BCUT2D eigenvalue weighted by molar-refractivity contribution is 0.476. The van der Waals surface area contributed by atoms with Crippen molar-refractivity contribution in [2.24, 2.45) is 0 Å². The molecule has 0 aliphatic carbocycles. The maximum absolute atomic E-state index is 11.9. The first-order valence-corrected chi connectivity index (χ1v) is 4.96. The number of aromatic nitrogens is 1. The number of aryl methyl sites for hydroxylation is 2. The summed E-state index contributed by atoms with van der Waals surface area (Å²) in [5.41, 5.74) is 1.00. The lowest BCUT2D eigenvalue weighted by atomic mass is 10.1. The van der Waals surface area contributed by atoms with Gasteiger partial charge in [-0.05, 0) is 36.9 Å². The van der Waals surface area contributed by atoms with E-state index in [1.54, 1.807) is 16.7 Å². The minimum Gasteiger partial charge on any atom is -0.508 e. The molecule has 0 saturated carbocycles. The van der Waals surface area contributed by atoms with Crippen LogP contribution in [0.4, 0.5) is 0 Å². The number of aromatic hydroxyl groups is 1. The van der Waals surface area contributed by atoms with Crippen LogP contribution in [-0.4, -0.2) is 9.67 Å². The van der Waals surface area contributed by atoms with Gasteiger partial charge in [-0.15, -0.1) is 0 Å². The van der Waals surface area contributed by atoms with E-state index in [-0.39, 0.29) is 11.3 Å². The minimum absolute atomic E-state index is 0.0472. The van der Waals surface area contributed by atoms with E-state index in [0.29, 0.717) is 11.9 Å². The molecule has 2 aromatic rings. The fourth-order valence-corrected chi connectivity index (χ4v) is 1.80. The second-order valence-corrected chi connectivity index (χ2v) is 3.63. The van der Waals surface area contributed by atoms with Crippen molar-refractivity contribution >= 4 is 10.8 Å². The number of rotatable bonds is 1. The summed E-state index contributed by atoms with van der Waals surface area (Å²) in [5, 5.41) is 10.8. The molecule has 0 spiro atoms. The Morgan fingerprint density at radius 1 is 1.33 bits per heavy atom. The molecule has 0 atom stereocenters. The number of fused-ring (bicyclic) bond motifs is 1. The van der Waals surface area contributed by atoms with E-state index in [0.717, 1.165) is 10.9 Å². The Labute approximate surface area is 87.6 Å². The molecule has 0 amide bonds. The van der Waals surface area contributed by atoms with E-state index in [4.69, 9.17) is 0 Å². The molecular formula is C12H13NO2. The fraction of sp³-hybridized carbons (Fsp3) is 0.250. The number of phenolic OH excluding ortho intramolecular Hbond substituents is 1. The van der Waals surface area contributed by atoms with Crippen molar-refractivity contribution in [2.75, 3.05) is 0 Å². The van der Waals surface area contributed by atoms with Crippen LogP contribution in [0.1, 0.15) is 12.5 Å². The molecule has 0 bridgehead atoms. The molecule has 78 valence electrons. The van der Waals surface area contributed by atoms with Crippen LogP contribution in [0.25, 0.3) is 10.8 Å². The van der Waals surface area contributed by atoms with Gasteiger partial charge in [0.1, 0.15) is 5.75 Å². The van der Waals surface area contributed by atoms with E-state index in [9.17, 15) is 9.90 Å². The van der Waals surface area contributed by atoms with Crippen LogP contribution in [0, 0.1) is 6.92 Å². The quantitative estimate of drug-likeness (QED) is 0.770. The van der Waals surface area contributed by atoms with E-state index >= 15 is 0 Å². The summed E-state index contributed by atoms with van der Waals surface area (Å²) in [4.78, 5) is 11.9. The fourth-order valence-electron chi connectivity index (χ4n) is 1.80. The molecule has 2 rings (SSSR count). The maximum Gasteiger partial charge on any atom is 0.258 e. The second-order valence-electron chi connectivity index (χ2n) is 3.63. The Bertz CT molecular complexity index is 570. The van der Waals surface area contributed by atoms with Crippen LogP contribution in [0.3, 0.4) is 0 Å². The SMILES string of the molecule is CCn1cc(C)c2ccc(O)cc2c1=O. The zero-order valence-corrected chi connectivity index (χ0v) is 8.82. The maximum atomic E-state index is 11.9. The zero-order chi connectivity index (χ0) is 11.0. The molecule has 1 heterocycles. The van der Waals surface area contributed by atoms with Crippen molar-refractivity contribution in [3.63, 3.8) is 0 Å². The molecule has 1 aromatic heterocycles. The van der Waals surface area contributed by atoms with Crippen molar-refractivity contribution < 1.29 is 5.11 Å². The summed E-state index contributed by atoms with van der Waals surface area (Å²) in [7, 11) is 0. The highest BCUT2D eigenvalue weighted by Crippen LogP contribution is 2.19. The second kappa shape index (κ2) is 3.42. The number of nitrogens with zero attached hydrogens (tertiary/aromatic N) is 1. The van der Waals surface area contributed by atoms with Gasteiger partial charge in [-0.3, -0.25) is 4.79 Å². The normalized spacial score (nSPS) is 10.8. The molecule has 0 aliphatic rings. The number of benzene rings is 1. The third-order valence-corrected chi connectivity index (χ3v) is 2.61. The summed E-state index contributed by atoms with van der Waals surface area (Å²) < 4.78 is 1.65. The molecule has 0 radical (unpaired) electrons. The highest BCUT2D eigenvalue weighted by atomic mass is 16.3. The monoisotopic (exact) mass is 203 g/mol. The predicted molar refractivity (Wildman–Crippen MR) is 60.3 cm³/mol. The van der Waals surface area contributed by atoms with E-state index in [1.165, 1.54) is 6.07 Å². The van der Waals surface area contributed by atoms with Crippen molar-refractivity contribution in [1.82, 2.24) is 4.57 Å². The molecule has 15 heavy (non-hydrogen) atoms. The van der Waals surface area contributed by atoms with Gasteiger partial charge in [0.25, 0.3) is 5.56 Å². The summed E-state index contributed by atoms with van der Waals surface area (Å²) in [6.45, 7) is 4.53. The van der Waals surface area contributed by atoms with Gasteiger partial charge in [0.15, 0.2) is 0 Å². The smallest absolute Gasteiger partial charge is 0.258 e. The Morgan fingerprint density at radius 2 is 2.07 bits per heavy atom. The highest BCUT2D eigenvalue weighted by molar-refractivity contribution is 5.85. The van der Waals surface area contributed by atoms with E-state index < -0.39 is 0 Å². The van der Waals surface area contributed by atoms with E-state index in [2.05, 4.69) is 0 Å². The molecule has 0 aliphatic heterocycles. The van der Waals surface area contributed by atoms with Crippen LogP contribution in [0.2, 0.25) is 0 Å². The van der Waals surface area contributed by atoms with Crippen LogP contribution in [0.5, 0.6) is 5.75 Å². The molecule has 1 aromatic carbocycles. The molecule has 0 unspecified atom stereocenters. The molecule has 3 heteroatoms. The van der Waals surface area contributed by atoms with Gasteiger partial charge in [-0.1, -0.05) is 6.07 Å². The average Bonchev–Trinajstić information content (AvgIpc) is 2.23. The molecule has 0 fully saturated rings. The topological polar surface area (TPSA) is 42.2 Å². The van der Waals surface area contributed by atoms with Crippen LogP contribution < -0.4 is 5.56 Å². The minimum atomic E-state index is -0.0472. The Hall–Kier alpha value is -1.77. The van der Waals surface area contributed by atoms with E-state index in [1.807, 2.05) is 20.0 Å². The van der Waals surface area contributed by atoms with Crippen molar-refractivity contribution in [3.05, 3.63) is 40.3 Å². The lowest BCUT2D eigenvalue weighted by Gasteiger charge is -2.07. The van der Waals surface area contributed by atoms with Crippen molar-refractivity contribution in [1.29, 1.82) is 0 Å². The largest absolute Gasteiger partial charge is 0.508 e. The van der Waals surface area contributed by atoms with Gasteiger partial charge in [-0.2, -0.15) is 0 Å². The third kappa shape index (κ3) is 1.50. The standard InChI is InChI=1S/C12H13NO2/c1-3-13-7-8(2)10-5-4-9(14)6-11(10)12(13)15/h4-7,14H,3H2,1-2H3. The van der Waals surface area contributed by atoms with Crippen molar-refractivity contribution in [3.8, 4) is 5.75 Å². The van der Waals surface area contributed by atoms with Gasteiger partial charge >= 0.3 is 0 Å². The van der Waals surface area contributed by atoms with Crippen molar-refractivity contribution in [2.45, 2.75) is 20.4 Å². The first kappa shape index (κ1) is 9.77. The summed E-state index contributed by atoms with van der Waals surface area (Å²) in [6.07, 6.45) is 1.85. The van der Waals surface area contributed by atoms with Crippen LogP contribution in [-0.2, 0) is 6.54 Å². The van der Waals surface area contributed by atoms with Gasteiger partial charge in [0.2, 0.25) is 0 Å². The van der Waals surface area contributed by atoms with Crippen LogP contribution in [0.15, 0.2) is 29.2 Å². The summed E-state index contributed by atoms with van der Waals surface area (Å²) in [6, 6.07) is 4.91. The Balaban J connectivity index is 2.95. The number of pyridine rings is 1. The molecule has 0 saturated heterocycles. The van der Waals surface area contributed by atoms with Crippen LogP contribution >= 0.6 is 0 Å². The van der Waals surface area contributed by atoms with Gasteiger partial charge < -0.3 is 9.67 Å². The summed E-state index contributed by atoms with van der Waals surface area (Å²) in [5.74, 6) is 0.132. The van der Waals surface area contributed by atoms with Gasteiger partial charge in [-0.25, -0.2) is 0 Å². The predicted octanol–water partition coefficient (Wildman–Crippen LogP) is 2.04. The molecule has 3 nitrogen and oxygen atoms in total. The highest BCUT2D eigenvalue weighted by Gasteiger charge is 2.05. The first-order valence-electron chi connectivity index (χ1n) is 4.96. The van der Waals surface area contributed by atoms with Gasteiger partial charge in [0.05, 0.1) is 5.39 Å². The Morgan fingerprint density at radius 3 is 2.73 bits per heavy atom. The third-order valence-electron chi connectivity index (χ3n) is 2.61.